The van der Waals surface area contributed by atoms with Gasteiger partial charge in [0.15, 0.2) is 5.76 Å². The van der Waals surface area contributed by atoms with Crippen molar-refractivity contribution >= 4 is 16.8 Å². The van der Waals surface area contributed by atoms with Gasteiger partial charge in [-0.3, -0.25) is 9.59 Å². The average Bonchev–Trinajstić information content (AvgIpc) is 3.41. The number of pyridine rings is 1. The number of fused-ring (bicyclic) bond motifs is 1. The lowest BCUT2D eigenvalue weighted by atomic mass is 10.1. The molecule has 4 rings (SSSR count). The number of amides is 1. The van der Waals surface area contributed by atoms with E-state index in [2.05, 4.69) is 4.98 Å². The second kappa shape index (κ2) is 7.90. The van der Waals surface area contributed by atoms with Crippen LogP contribution in [-0.4, -0.2) is 42.2 Å². The van der Waals surface area contributed by atoms with E-state index in [-0.39, 0.29) is 29.9 Å². The minimum absolute atomic E-state index is 0.0291. The average molecular weight is 382 g/mol. The van der Waals surface area contributed by atoms with E-state index in [0.717, 1.165) is 23.7 Å². The first-order valence-corrected chi connectivity index (χ1v) is 9.28. The zero-order valence-electron chi connectivity index (χ0n) is 15.6. The Morgan fingerprint density at radius 1 is 1.32 bits per heavy atom. The molecule has 0 bridgehead atoms. The van der Waals surface area contributed by atoms with Crippen LogP contribution in [0.15, 0.2) is 51.9 Å². The molecule has 0 saturated carbocycles. The standard InChI is InChI=1S/C21H22N2O5/c1-26-16-6-7-18-14(11-16)10-15(20(24)22-18)12-23(13-17-4-2-8-27-17)21(25)19-5-3-9-28-19/h3,5-7,9-11,17H,2,4,8,12-13H2,1H3,(H,22,24)/t17-/m1/s1. The van der Waals surface area contributed by atoms with E-state index in [4.69, 9.17) is 13.9 Å². The van der Waals surface area contributed by atoms with Gasteiger partial charge < -0.3 is 23.8 Å². The second-order valence-corrected chi connectivity index (χ2v) is 6.87. The van der Waals surface area contributed by atoms with Gasteiger partial charge in [0.25, 0.3) is 11.5 Å². The molecule has 3 aromatic rings. The molecule has 2 aromatic heterocycles. The maximum atomic E-state index is 12.9. The number of carbonyl (C=O) groups is 1. The first-order chi connectivity index (χ1) is 13.6. The van der Waals surface area contributed by atoms with Crippen LogP contribution in [0.5, 0.6) is 5.75 Å². The van der Waals surface area contributed by atoms with Gasteiger partial charge >= 0.3 is 0 Å². The molecule has 0 aliphatic carbocycles. The molecule has 28 heavy (non-hydrogen) atoms. The number of nitrogens with zero attached hydrogens (tertiary/aromatic N) is 1. The molecule has 0 unspecified atom stereocenters. The predicted octanol–water partition coefficient (Wildman–Crippen LogP) is 2.95. The number of rotatable bonds is 6. The quantitative estimate of drug-likeness (QED) is 0.709. The molecule has 1 aromatic carbocycles. The molecule has 1 atom stereocenters. The molecule has 1 saturated heterocycles. The van der Waals surface area contributed by atoms with E-state index in [1.165, 1.54) is 6.26 Å². The highest BCUT2D eigenvalue weighted by atomic mass is 16.5. The van der Waals surface area contributed by atoms with E-state index >= 15 is 0 Å². The van der Waals surface area contributed by atoms with Crippen molar-refractivity contribution in [3.8, 4) is 5.75 Å². The lowest BCUT2D eigenvalue weighted by Crippen LogP contribution is -2.38. The monoisotopic (exact) mass is 382 g/mol. The summed E-state index contributed by atoms with van der Waals surface area (Å²) in [6, 6.07) is 10.6. The minimum Gasteiger partial charge on any atom is -0.497 e. The number of furan rings is 1. The molecule has 1 N–H and O–H groups in total. The van der Waals surface area contributed by atoms with Crippen LogP contribution in [0.1, 0.15) is 29.0 Å². The van der Waals surface area contributed by atoms with Crippen molar-refractivity contribution in [3.63, 3.8) is 0 Å². The molecule has 0 radical (unpaired) electrons. The van der Waals surface area contributed by atoms with Gasteiger partial charge in [-0.2, -0.15) is 0 Å². The highest BCUT2D eigenvalue weighted by Crippen LogP contribution is 2.21. The van der Waals surface area contributed by atoms with Crippen LogP contribution in [0.25, 0.3) is 10.9 Å². The molecule has 1 aliphatic rings. The Morgan fingerprint density at radius 3 is 2.93 bits per heavy atom. The Labute approximate surface area is 161 Å². The predicted molar refractivity (Wildman–Crippen MR) is 104 cm³/mol. The summed E-state index contributed by atoms with van der Waals surface area (Å²) in [6.45, 7) is 1.28. The van der Waals surface area contributed by atoms with E-state index in [1.54, 1.807) is 42.3 Å². The number of nitrogens with one attached hydrogen (secondary N) is 1. The number of benzene rings is 1. The van der Waals surface area contributed by atoms with E-state index in [9.17, 15) is 9.59 Å². The smallest absolute Gasteiger partial charge is 0.289 e. The van der Waals surface area contributed by atoms with Crippen LogP contribution in [-0.2, 0) is 11.3 Å². The number of hydrogen-bond donors (Lipinski definition) is 1. The van der Waals surface area contributed by atoms with Gasteiger partial charge in [0, 0.05) is 29.6 Å². The summed E-state index contributed by atoms with van der Waals surface area (Å²) in [7, 11) is 1.60. The lowest BCUT2D eigenvalue weighted by Gasteiger charge is -2.24. The summed E-state index contributed by atoms with van der Waals surface area (Å²) in [5.41, 5.74) is 0.999. The first-order valence-electron chi connectivity index (χ1n) is 9.28. The normalized spacial score (nSPS) is 16.4. The van der Waals surface area contributed by atoms with Crippen molar-refractivity contribution in [1.29, 1.82) is 0 Å². The third kappa shape index (κ3) is 3.80. The van der Waals surface area contributed by atoms with Crippen LogP contribution >= 0.6 is 0 Å². The maximum Gasteiger partial charge on any atom is 0.289 e. The van der Waals surface area contributed by atoms with Crippen molar-refractivity contribution in [1.82, 2.24) is 9.88 Å². The molecule has 3 heterocycles. The van der Waals surface area contributed by atoms with E-state index in [1.807, 2.05) is 6.07 Å². The third-order valence-electron chi connectivity index (χ3n) is 4.96. The molecule has 146 valence electrons. The van der Waals surface area contributed by atoms with Crippen molar-refractivity contribution in [2.45, 2.75) is 25.5 Å². The number of methoxy groups -OCH3 is 1. The Bertz CT molecular complexity index is 1020. The summed E-state index contributed by atoms with van der Waals surface area (Å²) in [5.74, 6) is 0.691. The molecule has 0 spiro atoms. The molecular formula is C21H22N2O5. The fourth-order valence-electron chi connectivity index (χ4n) is 3.49. The number of ether oxygens (including phenoxy) is 2. The van der Waals surface area contributed by atoms with Crippen molar-refractivity contribution in [3.05, 3.63) is 64.3 Å². The molecular weight excluding hydrogens is 360 g/mol. The second-order valence-electron chi connectivity index (χ2n) is 6.87. The summed E-state index contributed by atoms with van der Waals surface area (Å²) in [5, 5.41) is 0.844. The Balaban J connectivity index is 1.65. The summed E-state index contributed by atoms with van der Waals surface area (Å²) < 4.78 is 16.2. The zero-order valence-corrected chi connectivity index (χ0v) is 15.6. The summed E-state index contributed by atoms with van der Waals surface area (Å²) in [6.07, 6.45) is 3.31. The lowest BCUT2D eigenvalue weighted by molar-refractivity contribution is 0.0483. The Hall–Kier alpha value is -3.06. The zero-order chi connectivity index (χ0) is 19.5. The van der Waals surface area contributed by atoms with Crippen LogP contribution in [0.2, 0.25) is 0 Å². The number of hydrogen-bond acceptors (Lipinski definition) is 5. The summed E-state index contributed by atoms with van der Waals surface area (Å²) in [4.78, 5) is 30.0. The topological polar surface area (TPSA) is 84.8 Å². The minimum atomic E-state index is -0.259. The van der Waals surface area contributed by atoms with E-state index in [0.29, 0.717) is 24.5 Å². The van der Waals surface area contributed by atoms with Gasteiger partial charge in [-0.1, -0.05) is 0 Å². The molecule has 7 nitrogen and oxygen atoms in total. The van der Waals surface area contributed by atoms with E-state index < -0.39 is 0 Å². The number of carbonyl (C=O) groups excluding carboxylic acids is 1. The highest BCUT2D eigenvalue weighted by molar-refractivity contribution is 5.91. The van der Waals surface area contributed by atoms with Crippen LogP contribution in [0, 0.1) is 0 Å². The van der Waals surface area contributed by atoms with Gasteiger partial charge in [-0.15, -0.1) is 0 Å². The fraction of sp³-hybridized carbons (Fsp3) is 0.333. The number of aromatic nitrogens is 1. The molecule has 1 amide bonds. The Kier molecular flexibility index (Phi) is 5.16. The van der Waals surface area contributed by atoms with Crippen molar-refractivity contribution in [2.75, 3.05) is 20.3 Å². The third-order valence-corrected chi connectivity index (χ3v) is 4.96. The fourth-order valence-corrected chi connectivity index (χ4v) is 3.49. The maximum absolute atomic E-state index is 12.9. The van der Waals surface area contributed by atoms with Gasteiger partial charge in [-0.25, -0.2) is 0 Å². The van der Waals surface area contributed by atoms with Crippen molar-refractivity contribution < 1.29 is 18.7 Å². The van der Waals surface area contributed by atoms with Gasteiger partial charge in [0.05, 0.1) is 26.0 Å². The van der Waals surface area contributed by atoms with Crippen LogP contribution in [0.3, 0.4) is 0 Å². The highest BCUT2D eigenvalue weighted by Gasteiger charge is 2.25. The molecule has 7 heteroatoms. The van der Waals surface area contributed by atoms with Gasteiger partial charge in [0.1, 0.15) is 5.75 Å². The summed E-state index contributed by atoms with van der Waals surface area (Å²) >= 11 is 0. The number of aromatic amines is 1. The molecule has 1 aliphatic heterocycles. The van der Waals surface area contributed by atoms with Crippen molar-refractivity contribution in [2.24, 2.45) is 0 Å². The molecule has 1 fully saturated rings. The van der Waals surface area contributed by atoms with Gasteiger partial charge in [0.2, 0.25) is 0 Å². The Morgan fingerprint density at radius 2 is 2.21 bits per heavy atom. The van der Waals surface area contributed by atoms with Crippen LogP contribution in [0.4, 0.5) is 0 Å². The first kappa shape index (κ1) is 18.3. The largest absolute Gasteiger partial charge is 0.497 e. The van der Waals surface area contributed by atoms with Crippen LogP contribution < -0.4 is 10.3 Å². The van der Waals surface area contributed by atoms with Gasteiger partial charge in [-0.05, 0) is 49.2 Å². The SMILES string of the molecule is COc1ccc2[nH]c(=O)c(CN(C[C@H]3CCCO3)C(=O)c3ccco3)cc2c1. The number of H-pyrrole nitrogens is 1.